The van der Waals surface area contributed by atoms with Gasteiger partial charge in [0.05, 0.1) is 0 Å². The van der Waals surface area contributed by atoms with Crippen molar-refractivity contribution in [2.75, 3.05) is 0 Å². The van der Waals surface area contributed by atoms with Gasteiger partial charge in [0.15, 0.2) is 5.17 Å². The van der Waals surface area contributed by atoms with E-state index >= 15 is 0 Å². The molecule has 28 heavy (non-hydrogen) atoms. The van der Waals surface area contributed by atoms with Crippen molar-refractivity contribution in [3.8, 4) is 5.75 Å². The van der Waals surface area contributed by atoms with Crippen LogP contribution in [0.15, 0.2) is 47.6 Å². The molecule has 2 amide bonds. The SMILES string of the molecule is CC(=O)NC1=NN(C(C)=O)C(c2cc(C)ccc2OCc2ccc(F)cc2)S1. The average molecular weight is 401 g/mol. The number of hydrazone groups is 1. The fourth-order valence-corrected chi connectivity index (χ4v) is 3.86. The van der Waals surface area contributed by atoms with Crippen LogP contribution in [-0.2, 0) is 16.2 Å². The summed E-state index contributed by atoms with van der Waals surface area (Å²) in [5.74, 6) is -0.212. The first-order chi connectivity index (χ1) is 13.3. The van der Waals surface area contributed by atoms with Crippen LogP contribution in [0.3, 0.4) is 0 Å². The van der Waals surface area contributed by atoms with Crippen molar-refractivity contribution in [1.82, 2.24) is 10.3 Å². The number of rotatable bonds is 4. The molecule has 1 atom stereocenters. The van der Waals surface area contributed by atoms with E-state index in [4.69, 9.17) is 4.74 Å². The predicted molar refractivity (Wildman–Crippen MR) is 106 cm³/mol. The highest BCUT2D eigenvalue weighted by Gasteiger charge is 2.34. The third-order valence-electron chi connectivity index (χ3n) is 3.99. The number of carbonyl (C=O) groups excluding carboxylic acids is 2. The number of aryl methyl sites for hydroxylation is 1. The molecule has 0 spiro atoms. The number of thioether (sulfide) groups is 1. The summed E-state index contributed by atoms with van der Waals surface area (Å²) in [6.07, 6.45) is 0. The van der Waals surface area contributed by atoms with Gasteiger partial charge in [-0.2, -0.15) is 0 Å². The number of amidine groups is 1. The third-order valence-corrected chi connectivity index (χ3v) is 5.07. The minimum Gasteiger partial charge on any atom is -0.489 e. The monoisotopic (exact) mass is 401 g/mol. The van der Waals surface area contributed by atoms with Crippen LogP contribution in [-0.4, -0.2) is 22.0 Å². The van der Waals surface area contributed by atoms with E-state index in [-0.39, 0.29) is 24.2 Å². The second-order valence-electron chi connectivity index (χ2n) is 6.38. The summed E-state index contributed by atoms with van der Waals surface area (Å²) in [5.41, 5.74) is 2.60. The molecule has 0 aliphatic carbocycles. The Balaban J connectivity index is 1.86. The summed E-state index contributed by atoms with van der Waals surface area (Å²) in [7, 11) is 0. The number of benzene rings is 2. The van der Waals surface area contributed by atoms with E-state index in [0.29, 0.717) is 10.9 Å². The molecule has 1 N–H and O–H groups in total. The van der Waals surface area contributed by atoms with E-state index in [1.807, 2.05) is 25.1 Å². The fourth-order valence-electron chi connectivity index (χ4n) is 2.70. The minimum absolute atomic E-state index is 0.246. The average Bonchev–Trinajstić information content (AvgIpc) is 3.05. The summed E-state index contributed by atoms with van der Waals surface area (Å²) in [6, 6.07) is 11.8. The van der Waals surface area contributed by atoms with Crippen LogP contribution in [0.2, 0.25) is 0 Å². The van der Waals surface area contributed by atoms with Crippen LogP contribution in [0.1, 0.15) is 35.9 Å². The third kappa shape index (κ3) is 4.69. The van der Waals surface area contributed by atoms with Crippen LogP contribution in [0.5, 0.6) is 5.75 Å². The maximum atomic E-state index is 13.1. The number of carbonyl (C=O) groups is 2. The smallest absolute Gasteiger partial charge is 0.241 e. The van der Waals surface area contributed by atoms with Crippen LogP contribution in [0, 0.1) is 12.7 Å². The van der Waals surface area contributed by atoms with E-state index in [0.717, 1.165) is 16.7 Å². The Bertz CT molecular complexity index is 931. The molecule has 1 aliphatic heterocycles. The number of amides is 2. The van der Waals surface area contributed by atoms with Crippen molar-refractivity contribution in [2.24, 2.45) is 5.10 Å². The van der Waals surface area contributed by atoms with E-state index in [1.165, 1.54) is 42.8 Å². The molecule has 0 fully saturated rings. The first-order valence-corrected chi connectivity index (χ1v) is 9.52. The van der Waals surface area contributed by atoms with Crippen molar-refractivity contribution in [3.63, 3.8) is 0 Å². The van der Waals surface area contributed by atoms with Crippen molar-refractivity contribution < 1.29 is 18.7 Å². The summed E-state index contributed by atoms with van der Waals surface area (Å²) in [4.78, 5) is 23.4. The zero-order valence-corrected chi connectivity index (χ0v) is 16.5. The lowest BCUT2D eigenvalue weighted by Crippen LogP contribution is -2.25. The number of hydrogen-bond donors (Lipinski definition) is 1. The predicted octanol–water partition coefficient (Wildman–Crippen LogP) is 3.71. The highest BCUT2D eigenvalue weighted by atomic mass is 32.2. The quantitative estimate of drug-likeness (QED) is 0.848. The molecule has 0 saturated carbocycles. The van der Waals surface area contributed by atoms with Crippen LogP contribution < -0.4 is 10.1 Å². The zero-order valence-electron chi connectivity index (χ0n) is 15.7. The zero-order chi connectivity index (χ0) is 20.3. The lowest BCUT2D eigenvalue weighted by molar-refractivity contribution is -0.129. The Morgan fingerprint density at radius 1 is 1.21 bits per heavy atom. The van der Waals surface area contributed by atoms with Crippen molar-refractivity contribution in [1.29, 1.82) is 0 Å². The summed E-state index contributed by atoms with van der Waals surface area (Å²) < 4.78 is 19.0. The van der Waals surface area contributed by atoms with E-state index < -0.39 is 5.37 Å². The van der Waals surface area contributed by atoms with Gasteiger partial charge in [-0.15, -0.1) is 5.10 Å². The van der Waals surface area contributed by atoms with Gasteiger partial charge in [0.25, 0.3) is 0 Å². The molecule has 2 aromatic rings. The van der Waals surface area contributed by atoms with Crippen LogP contribution in [0.25, 0.3) is 0 Å². The number of nitrogens with zero attached hydrogens (tertiary/aromatic N) is 2. The van der Waals surface area contributed by atoms with Gasteiger partial charge in [0.2, 0.25) is 11.8 Å². The Labute approximate surface area is 166 Å². The van der Waals surface area contributed by atoms with Crippen molar-refractivity contribution in [3.05, 3.63) is 65.0 Å². The molecule has 1 aliphatic rings. The topological polar surface area (TPSA) is 71.0 Å². The molecule has 0 saturated heterocycles. The van der Waals surface area contributed by atoms with Crippen LogP contribution >= 0.6 is 11.8 Å². The molecule has 8 heteroatoms. The van der Waals surface area contributed by atoms with Gasteiger partial charge in [-0.3, -0.25) is 9.59 Å². The lowest BCUT2D eigenvalue weighted by atomic mass is 10.1. The van der Waals surface area contributed by atoms with Gasteiger partial charge in [-0.25, -0.2) is 9.40 Å². The van der Waals surface area contributed by atoms with E-state index in [1.54, 1.807) is 12.1 Å². The second-order valence-corrected chi connectivity index (χ2v) is 7.45. The first-order valence-electron chi connectivity index (χ1n) is 8.64. The summed E-state index contributed by atoms with van der Waals surface area (Å²) in [6.45, 7) is 5.01. The van der Waals surface area contributed by atoms with Gasteiger partial charge in [-0.1, -0.05) is 35.5 Å². The Hall–Kier alpha value is -2.87. The highest BCUT2D eigenvalue weighted by Crippen LogP contribution is 2.43. The largest absolute Gasteiger partial charge is 0.489 e. The minimum atomic E-state index is -0.456. The van der Waals surface area contributed by atoms with Crippen LogP contribution in [0.4, 0.5) is 4.39 Å². The van der Waals surface area contributed by atoms with Gasteiger partial charge >= 0.3 is 0 Å². The Morgan fingerprint density at radius 3 is 2.57 bits per heavy atom. The van der Waals surface area contributed by atoms with Gasteiger partial charge in [0.1, 0.15) is 23.5 Å². The van der Waals surface area contributed by atoms with Crippen molar-refractivity contribution >= 4 is 28.7 Å². The molecule has 6 nitrogen and oxygen atoms in total. The number of ether oxygens (including phenoxy) is 1. The summed E-state index contributed by atoms with van der Waals surface area (Å²) in [5, 5.41) is 8.08. The van der Waals surface area contributed by atoms with E-state index in [2.05, 4.69) is 10.4 Å². The molecule has 2 aromatic carbocycles. The normalized spacial score (nSPS) is 15.9. The van der Waals surface area contributed by atoms with E-state index in [9.17, 15) is 14.0 Å². The molecule has 146 valence electrons. The van der Waals surface area contributed by atoms with Gasteiger partial charge in [-0.05, 0) is 36.8 Å². The lowest BCUT2D eigenvalue weighted by Gasteiger charge is -2.22. The summed E-state index contributed by atoms with van der Waals surface area (Å²) >= 11 is 1.27. The number of hydrogen-bond acceptors (Lipinski definition) is 5. The molecular weight excluding hydrogens is 381 g/mol. The molecule has 1 unspecified atom stereocenters. The highest BCUT2D eigenvalue weighted by molar-refractivity contribution is 8.14. The number of halogens is 1. The van der Waals surface area contributed by atoms with Gasteiger partial charge in [0, 0.05) is 19.4 Å². The molecule has 0 bridgehead atoms. The van der Waals surface area contributed by atoms with Crippen molar-refractivity contribution in [2.45, 2.75) is 32.8 Å². The maximum absolute atomic E-state index is 13.1. The molecule has 1 heterocycles. The fraction of sp³-hybridized carbons (Fsp3) is 0.250. The Morgan fingerprint density at radius 2 is 1.93 bits per heavy atom. The second kappa shape index (κ2) is 8.43. The standard InChI is InChI=1S/C20H20FN3O3S/c1-12-4-9-18(27-11-15-5-7-16(21)8-6-15)17(10-12)19-24(14(3)26)23-20(28-19)22-13(2)25/h4-10,19H,11H2,1-3H3,(H,22,23,25). The maximum Gasteiger partial charge on any atom is 0.241 e. The Kier molecular flexibility index (Phi) is 5.99. The first kappa shape index (κ1) is 19.9. The number of nitrogens with one attached hydrogen (secondary N) is 1. The molecule has 3 rings (SSSR count). The molecular formula is C20H20FN3O3S. The molecule has 0 aromatic heterocycles. The van der Waals surface area contributed by atoms with Gasteiger partial charge < -0.3 is 10.1 Å². The molecule has 0 radical (unpaired) electrons.